The van der Waals surface area contributed by atoms with Crippen molar-refractivity contribution in [2.24, 2.45) is 0 Å². The summed E-state index contributed by atoms with van der Waals surface area (Å²) >= 11 is 0. The van der Waals surface area contributed by atoms with Crippen molar-refractivity contribution < 1.29 is 14.0 Å². The smallest absolute Gasteiger partial charge is 0.239 e. The number of hydrogen-bond donors (Lipinski definition) is 2. The first-order valence-corrected chi connectivity index (χ1v) is 5.89. The number of nitrogens with one attached hydrogen (secondary N) is 2. The molecule has 0 aromatic heterocycles. The van der Waals surface area contributed by atoms with Gasteiger partial charge in [-0.25, -0.2) is 4.39 Å². The van der Waals surface area contributed by atoms with Gasteiger partial charge in [0.25, 0.3) is 0 Å². The molecule has 0 aliphatic carbocycles. The average Bonchev–Trinajstić information content (AvgIpc) is 2.34. The Morgan fingerprint density at radius 3 is 2.67 bits per heavy atom. The number of rotatable bonds is 6. The van der Waals surface area contributed by atoms with Crippen molar-refractivity contribution in [3.05, 3.63) is 35.6 Å². The molecule has 18 heavy (non-hydrogen) atoms. The Balaban J connectivity index is 2.27. The van der Waals surface area contributed by atoms with Gasteiger partial charge in [-0.15, -0.1) is 0 Å². The van der Waals surface area contributed by atoms with Crippen LogP contribution in [0.1, 0.15) is 18.9 Å². The van der Waals surface area contributed by atoms with Crippen LogP contribution in [0.3, 0.4) is 0 Å². The average molecular weight is 252 g/mol. The fourth-order valence-electron chi connectivity index (χ4n) is 1.48. The summed E-state index contributed by atoms with van der Waals surface area (Å²) in [7, 11) is 0. The monoisotopic (exact) mass is 252 g/mol. The minimum absolute atomic E-state index is 0.0180. The lowest BCUT2D eigenvalue weighted by Crippen LogP contribution is -2.36. The summed E-state index contributed by atoms with van der Waals surface area (Å²) in [6.07, 6.45) is 0.696. The molecule has 0 saturated carbocycles. The molecule has 0 fully saturated rings. The van der Waals surface area contributed by atoms with E-state index in [1.807, 2.05) is 6.92 Å². The lowest BCUT2D eigenvalue weighted by Gasteiger charge is -2.05. The molecule has 5 heteroatoms. The zero-order valence-electron chi connectivity index (χ0n) is 10.3. The van der Waals surface area contributed by atoms with Crippen molar-refractivity contribution in [3.63, 3.8) is 0 Å². The Morgan fingerprint density at radius 1 is 1.22 bits per heavy atom. The van der Waals surface area contributed by atoms with E-state index in [0.717, 1.165) is 5.56 Å². The van der Waals surface area contributed by atoms with Crippen LogP contribution in [0.5, 0.6) is 0 Å². The van der Waals surface area contributed by atoms with Crippen LogP contribution < -0.4 is 10.6 Å². The standard InChI is InChI=1S/C13H17FN2O2/c1-2-15-13(18)9-16-12(17)7-6-10-4-3-5-11(14)8-10/h3-5,8H,2,6-7,9H2,1H3,(H,15,18)(H,16,17). The summed E-state index contributed by atoms with van der Waals surface area (Å²) in [6.45, 7) is 2.33. The lowest BCUT2D eigenvalue weighted by molar-refractivity contribution is -0.126. The first-order valence-electron chi connectivity index (χ1n) is 5.89. The third-order valence-corrected chi connectivity index (χ3v) is 2.35. The molecule has 0 atom stereocenters. The second-order valence-electron chi connectivity index (χ2n) is 3.86. The van der Waals surface area contributed by atoms with Crippen LogP contribution in [0, 0.1) is 5.82 Å². The molecule has 0 heterocycles. The van der Waals surface area contributed by atoms with E-state index in [9.17, 15) is 14.0 Å². The van der Waals surface area contributed by atoms with Gasteiger partial charge in [0.2, 0.25) is 11.8 Å². The molecular weight excluding hydrogens is 235 g/mol. The predicted molar refractivity (Wildman–Crippen MR) is 66.4 cm³/mol. The maximum atomic E-state index is 12.9. The predicted octanol–water partition coefficient (Wildman–Crippen LogP) is 1.01. The topological polar surface area (TPSA) is 58.2 Å². The maximum Gasteiger partial charge on any atom is 0.239 e. The Labute approximate surface area is 106 Å². The second kappa shape index (κ2) is 7.42. The van der Waals surface area contributed by atoms with Gasteiger partial charge < -0.3 is 10.6 Å². The highest BCUT2D eigenvalue weighted by molar-refractivity contribution is 5.84. The van der Waals surface area contributed by atoms with Crippen LogP contribution in [0.2, 0.25) is 0 Å². The molecule has 2 N–H and O–H groups in total. The van der Waals surface area contributed by atoms with Gasteiger partial charge in [-0.1, -0.05) is 12.1 Å². The highest BCUT2D eigenvalue weighted by Crippen LogP contribution is 2.05. The van der Waals surface area contributed by atoms with Crippen LogP contribution in [0.25, 0.3) is 0 Å². The van der Waals surface area contributed by atoms with Crippen LogP contribution in [0.4, 0.5) is 4.39 Å². The summed E-state index contributed by atoms with van der Waals surface area (Å²) in [4.78, 5) is 22.5. The van der Waals surface area contributed by atoms with Crippen LogP contribution >= 0.6 is 0 Å². The lowest BCUT2D eigenvalue weighted by atomic mass is 10.1. The fraction of sp³-hybridized carbons (Fsp3) is 0.385. The molecule has 4 nitrogen and oxygen atoms in total. The van der Waals surface area contributed by atoms with Crippen LogP contribution in [0.15, 0.2) is 24.3 Å². The molecule has 0 aliphatic rings. The van der Waals surface area contributed by atoms with E-state index in [-0.39, 0.29) is 30.6 Å². The van der Waals surface area contributed by atoms with Crippen molar-refractivity contribution >= 4 is 11.8 Å². The Morgan fingerprint density at radius 2 is 2.00 bits per heavy atom. The molecular formula is C13H17FN2O2. The van der Waals surface area contributed by atoms with Crippen LogP contribution in [-0.4, -0.2) is 24.9 Å². The molecule has 98 valence electrons. The van der Waals surface area contributed by atoms with E-state index >= 15 is 0 Å². The third kappa shape index (κ3) is 5.43. The molecule has 1 aromatic rings. The quantitative estimate of drug-likeness (QED) is 0.794. The van der Waals surface area contributed by atoms with Crippen molar-refractivity contribution in [1.82, 2.24) is 10.6 Å². The van der Waals surface area contributed by atoms with E-state index in [0.29, 0.717) is 13.0 Å². The van der Waals surface area contributed by atoms with Crippen molar-refractivity contribution in [2.75, 3.05) is 13.1 Å². The summed E-state index contributed by atoms with van der Waals surface area (Å²) < 4.78 is 12.9. The Kier molecular flexibility index (Phi) is 5.84. The number of aryl methyl sites for hydroxylation is 1. The molecule has 0 radical (unpaired) electrons. The number of carbonyl (C=O) groups is 2. The summed E-state index contributed by atoms with van der Waals surface area (Å²) in [5, 5.41) is 5.09. The molecule has 0 saturated heterocycles. The van der Waals surface area contributed by atoms with Gasteiger partial charge in [0.15, 0.2) is 0 Å². The van der Waals surface area contributed by atoms with E-state index in [1.165, 1.54) is 12.1 Å². The van der Waals surface area contributed by atoms with Gasteiger partial charge >= 0.3 is 0 Å². The number of amides is 2. The maximum absolute atomic E-state index is 12.9. The number of carbonyl (C=O) groups excluding carboxylic acids is 2. The first kappa shape index (κ1) is 14.2. The zero-order valence-corrected chi connectivity index (χ0v) is 10.3. The van der Waals surface area contributed by atoms with E-state index < -0.39 is 0 Å². The van der Waals surface area contributed by atoms with Crippen molar-refractivity contribution in [1.29, 1.82) is 0 Å². The van der Waals surface area contributed by atoms with Gasteiger partial charge in [0.1, 0.15) is 5.82 Å². The number of benzene rings is 1. The molecule has 1 aromatic carbocycles. The normalized spacial score (nSPS) is 9.89. The van der Waals surface area contributed by atoms with Gasteiger partial charge in [-0.05, 0) is 31.0 Å². The van der Waals surface area contributed by atoms with Gasteiger partial charge in [-0.2, -0.15) is 0 Å². The SMILES string of the molecule is CCNC(=O)CNC(=O)CCc1cccc(F)c1. The van der Waals surface area contributed by atoms with E-state index in [4.69, 9.17) is 0 Å². The van der Waals surface area contributed by atoms with Gasteiger partial charge in [-0.3, -0.25) is 9.59 Å². The molecule has 1 rings (SSSR count). The van der Waals surface area contributed by atoms with Crippen molar-refractivity contribution in [2.45, 2.75) is 19.8 Å². The molecule has 0 spiro atoms. The third-order valence-electron chi connectivity index (χ3n) is 2.35. The Hall–Kier alpha value is -1.91. The summed E-state index contributed by atoms with van der Waals surface area (Å²) in [5.74, 6) is -0.739. The highest BCUT2D eigenvalue weighted by atomic mass is 19.1. The number of hydrogen-bond acceptors (Lipinski definition) is 2. The minimum atomic E-state index is -0.310. The number of halogens is 1. The summed E-state index contributed by atoms with van der Waals surface area (Å²) in [5.41, 5.74) is 0.767. The molecule has 0 unspecified atom stereocenters. The zero-order chi connectivity index (χ0) is 13.4. The van der Waals surface area contributed by atoms with Crippen molar-refractivity contribution in [3.8, 4) is 0 Å². The summed E-state index contributed by atoms with van der Waals surface area (Å²) in [6, 6.07) is 6.13. The number of likely N-dealkylation sites (N-methyl/N-ethyl adjacent to an activating group) is 1. The Bertz CT molecular complexity index is 421. The minimum Gasteiger partial charge on any atom is -0.355 e. The molecule has 2 amide bonds. The highest BCUT2D eigenvalue weighted by Gasteiger charge is 2.05. The van der Waals surface area contributed by atoms with E-state index in [2.05, 4.69) is 10.6 Å². The van der Waals surface area contributed by atoms with Crippen LogP contribution in [-0.2, 0) is 16.0 Å². The molecule has 0 aliphatic heterocycles. The van der Waals surface area contributed by atoms with Gasteiger partial charge in [0, 0.05) is 13.0 Å². The second-order valence-corrected chi connectivity index (χ2v) is 3.86. The largest absolute Gasteiger partial charge is 0.355 e. The first-order chi connectivity index (χ1) is 8.61. The van der Waals surface area contributed by atoms with E-state index in [1.54, 1.807) is 12.1 Å². The fourth-order valence-corrected chi connectivity index (χ4v) is 1.48. The van der Waals surface area contributed by atoms with Gasteiger partial charge in [0.05, 0.1) is 6.54 Å². The molecule has 0 bridgehead atoms.